The Kier molecular flexibility index (Phi) is 6.50. The molecular weight excluding hydrogens is 411 g/mol. The first-order valence-corrected chi connectivity index (χ1v) is 11.1. The molecule has 1 aliphatic rings. The molecule has 7 nitrogen and oxygen atoms in total. The predicted octanol–water partition coefficient (Wildman–Crippen LogP) is 3.52. The molecule has 2 aromatic rings. The van der Waals surface area contributed by atoms with E-state index in [1.807, 2.05) is 0 Å². The van der Waals surface area contributed by atoms with Crippen molar-refractivity contribution in [2.45, 2.75) is 24.7 Å². The molecule has 0 spiro atoms. The maximum atomic E-state index is 14.0. The number of rotatable bonds is 6. The Morgan fingerprint density at radius 2 is 1.93 bits per heavy atom. The highest BCUT2D eigenvalue weighted by Crippen LogP contribution is 2.36. The average molecular weight is 437 g/mol. The number of anilines is 1. The summed E-state index contributed by atoms with van der Waals surface area (Å²) in [5.41, 5.74) is -0.107. The van der Waals surface area contributed by atoms with Crippen LogP contribution in [0, 0.1) is 11.7 Å². The SMILES string of the molecule is COc1cc(S(=O)(=O)Nc2ccccc2F)cc(C(=O)N2CCCC(C)C2)c1OC. The molecule has 2 aromatic carbocycles. The number of nitrogens with one attached hydrogen (secondary N) is 1. The highest BCUT2D eigenvalue weighted by Gasteiger charge is 2.29. The van der Waals surface area contributed by atoms with Crippen LogP contribution in [0.1, 0.15) is 30.1 Å². The zero-order valence-electron chi connectivity index (χ0n) is 17.1. The molecule has 0 aromatic heterocycles. The van der Waals surface area contributed by atoms with Gasteiger partial charge in [0.05, 0.1) is 30.4 Å². The number of nitrogens with zero attached hydrogens (tertiary/aromatic N) is 1. The van der Waals surface area contributed by atoms with Gasteiger partial charge in [-0.1, -0.05) is 19.1 Å². The van der Waals surface area contributed by atoms with Crippen molar-refractivity contribution < 1.29 is 27.1 Å². The van der Waals surface area contributed by atoms with E-state index < -0.39 is 15.8 Å². The normalized spacial score (nSPS) is 16.8. The van der Waals surface area contributed by atoms with Crippen molar-refractivity contribution in [2.75, 3.05) is 32.0 Å². The minimum Gasteiger partial charge on any atom is -0.493 e. The number of amides is 1. The Balaban J connectivity index is 2.04. The lowest BCUT2D eigenvalue weighted by Gasteiger charge is -2.31. The number of halogens is 1. The molecule has 9 heteroatoms. The van der Waals surface area contributed by atoms with E-state index in [0.29, 0.717) is 19.0 Å². The van der Waals surface area contributed by atoms with Crippen LogP contribution in [0.25, 0.3) is 0 Å². The third kappa shape index (κ3) is 4.51. The second-order valence-corrected chi connectivity index (χ2v) is 8.97. The zero-order chi connectivity index (χ0) is 21.9. The largest absolute Gasteiger partial charge is 0.493 e. The van der Waals surface area contributed by atoms with Crippen LogP contribution in [-0.4, -0.2) is 46.5 Å². The van der Waals surface area contributed by atoms with Crippen molar-refractivity contribution in [3.63, 3.8) is 0 Å². The van der Waals surface area contributed by atoms with E-state index in [9.17, 15) is 17.6 Å². The molecule has 0 bridgehead atoms. The second-order valence-electron chi connectivity index (χ2n) is 7.29. The number of hydrogen-bond acceptors (Lipinski definition) is 5. The van der Waals surface area contributed by atoms with Crippen molar-refractivity contribution >= 4 is 21.6 Å². The molecule has 0 radical (unpaired) electrons. The number of benzene rings is 2. The molecule has 0 saturated carbocycles. The number of methoxy groups -OCH3 is 2. The van der Waals surface area contributed by atoms with Gasteiger partial charge >= 0.3 is 0 Å². The van der Waals surface area contributed by atoms with E-state index in [1.165, 1.54) is 44.6 Å². The third-order valence-corrected chi connectivity index (χ3v) is 6.40. The first-order valence-electron chi connectivity index (χ1n) is 9.59. The molecule has 1 atom stereocenters. The molecule has 3 rings (SSSR count). The minimum absolute atomic E-state index is 0.0832. The maximum Gasteiger partial charge on any atom is 0.262 e. The summed E-state index contributed by atoms with van der Waals surface area (Å²) < 4.78 is 52.7. The molecule has 1 unspecified atom stereocenters. The Bertz CT molecular complexity index is 1040. The second kappa shape index (κ2) is 8.91. The highest BCUT2D eigenvalue weighted by atomic mass is 32.2. The molecule has 1 heterocycles. The van der Waals surface area contributed by atoms with Gasteiger partial charge in [-0.3, -0.25) is 9.52 Å². The van der Waals surface area contributed by atoms with Gasteiger partial charge in [0, 0.05) is 19.2 Å². The number of carbonyl (C=O) groups excluding carboxylic acids is 1. The fourth-order valence-corrected chi connectivity index (χ4v) is 4.65. The van der Waals surface area contributed by atoms with Crippen LogP contribution in [0.3, 0.4) is 0 Å². The number of piperidine rings is 1. The summed E-state index contributed by atoms with van der Waals surface area (Å²) in [6.45, 7) is 3.23. The Labute approximate surface area is 175 Å². The molecule has 0 aliphatic carbocycles. The Hall–Kier alpha value is -2.81. The number of para-hydroxylation sites is 1. The van der Waals surface area contributed by atoms with Crippen molar-refractivity contribution in [2.24, 2.45) is 5.92 Å². The average Bonchev–Trinajstić information content (AvgIpc) is 2.73. The van der Waals surface area contributed by atoms with Crippen molar-refractivity contribution in [3.05, 3.63) is 47.8 Å². The van der Waals surface area contributed by atoms with E-state index in [-0.39, 0.29) is 33.6 Å². The minimum atomic E-state index is -4.19. The van der Waals surface area contributed by atoms with E-state index in [1.54, 1.807) is 4.90 Å². The van der Waals surface area contributed by atoms with Gasteiger partial charge in [0.2, 0.25) is 0 Å². The van der Waals surface area contributed by atoms with Gasteiger partial charge in [0.25, 0.3) is 15.9 Å². The van der Waals surface area contributed by atoms with Gasteiger partial charge in [-0.05, 0) is 37.0 Å². The fraction of sp³-hybridized carbons (Fsp3) is 0.381. The van der Waals surface area contributed by atoms with Gasteiger partial charge < -0.3 is 14.4 Å². The summed E-state index contributed by atoms with van der Waals surface area (Å²) in [5, 5.41) is 0. The summed E-state index contributed by atoms with van der Waals surface area (Å²) in [6, 6.07) is 7.93. The molecular formula is C21H25FN2O5S. The van der Waals surface area contributed by atoms with Crippen LogP contribution in [0.15, 0.2) is 41.3 Å². The number of sulfonamides is 1. The van der Waals surface area contributed by atoms with Crippen LogP contribution < -0.4 is 14.2 Å². The molecule has 30 heavy (non-hydrogen) atoms. The number of hydrogen-bond donors (Lipinski definition) is 1. The van der Waals surface area contributed by atoms with Crippen LogP contribution in [0.5, 0.6) is 11.5 Å². The van der Waals surface area contributed by atoms with E-state index in [0.717, 1.165) is 18.9 Å². The highest BCUT2D eigenvalue weighted by molar-refractivity contribution is 7.92. The monoisotopic (exact) mass is 436 g/mol. The van der Waals surface area contributed by atoms with Crippen molar-refractivity contribution in [1.82, 2.24) is 4.90 Å². The number of likely N-dealkylation sites (tertiary alicyclic amines) is 1. The van der Waals surface area contributed by atoms with Crippen LogP contribution in [-0.2, 0) is 10.0 Å². The quantitative estimate of drug-likeness (QED) is 0.749. The van der Waals surface area contributed by atoms with Gasteiger partial charge in [-0.15, -0.1) is 0 Å². The third-order valence-electron chi connectivity index (χ3n) is 5.06. The summed E-state index contributed by atoms with van der Waals surface area (Å²) in [5.74, 6) is -0.432. The number of ether oxygens (including phenoxy) is 2. The Morgan fingerprint density at radius 1 is 1.20 bits per heavy atom. The maximum absolute atomic E-state index is 14.0. The fourth-order valence-electron chi connectivity index (χ4n) is 3.55. The number of carbonyl (C=O) groups is 1. The van der Waals surface area contributed by atoms with Gasteiger partial charge in [0.15, 0.2) is 11.5 Å². The van der Waals surface area contributed by atoms with Crippen LogP contribution in [0.2, 0.25) is 0 Å². The van der Waals surface area contributed by atoms with Crippen LogP contribution >= 0.6 is 0 Å². The summed E-state index contributed by atoms with van der Waals surface area (Å²) in [6.07, 6.45) is 1.91. The van der Waals surface area contributed by atoms with E-state index >= 15 is 0 Å². The topological polar surface area (TPSA) is 84.9 Å². The van der Waals surface area contributed by atoms with Crippen LogP contribution in [0.4, 0.5) is 10.1 Å². The molecule has 162 valence electrons. The molecule has 1 amide bonds. The predicted molar refractivity (Wildman–Crippen MR) is 111 cm³/mol. The van der Waals surface area contributed by atoms with Gasteiger partial charge in [-0.2, -0.15) is 0 Å². The van der Waals surface area contributed by atoms with Gasteiger partial charge in [0.1, 0.15) is 5.82 Å². The van der Waals surface area contributed by atoms with Crippen molar-refractivity contribution in [3.8, 4) is 11.5 Å². The summed E-state index contributed by atoms with van der Waals surface area (Å²) in [4.78, 5) is 14.7. The standard InChI is InChI=1S/C21H25FN2O5S/c1-14-7-6-10-24(13-14)21(25)16-11-15(12-19(28-2)20(16)29-3)30(26,27)23-18-9-5-4-8-17(18)22/h4-5,8-9,11-12,14,23H,6-7,10,13H2,1-3H3. The molecule has 1 N–H and O–H groups in total. The zero-order valence-corrected chi connectivity index (χ0v) is 18.0. The molecule has 1 saturated heterocycles. The summed E-state index contributed by atoms with van der Waals surface area (Å²) in [7, 11) is -1.44. The lowest BCUT2D eigenvalue weighted by atomic mass is 9.99. The lowest BCUT2D eigenvalue weighted by Crippen LogP contribution is -2.39. The lowest BCUT2D eigenvalue weighted by molar-refractivity contribution is 0.0678. The smallest absolute Gasteiger partial charge is 0.262 e. The molecule has 1 fully saturated rings. The first-order chi connectivity index (χ1) is 14.3. The molecule has 1 aliphatic heterocycles. The van der Waals surface area contributed by atoms with E-state index in [4.69, 9.17) is 9.47 Å². The summed E-state index contributed by atoms with van der Waals surface area (Å²) >= 11 is 0. The first kappa shape index (κ1) is 21.9. The van der Waals surface area contributed by atoms with Gasteiger partial charge in [-0.25, -0.2) is 12.8 Å². The van der Waals surface area contributed by atoms with E-state index in [2.05, 4.69) is 11.6 Å². The van der Waals surface area contributed by atoms with Crippen molar-refractivity contribution in [1.29, 1.82) is 0 Å². The Morgan fingerprint density at radius 3 is 2.57 bits per heavy atom.